The molecule has 0 heterocycles. The van der Waals surface area contributed by atoms with Crippen LogP contribution in [0.2, 0.25) is 0 Å². The first-order chi connectivity index (χ1) is 5.70. The zero-order chi connectivity index (χ0) is 8.46. The van der Waals surface area contributed by atoms with Gasteiger partial charge in [-0.3, -0.25) is 0 Å². The molecule has 4 saturated carbocycles. The van der Waals surface area contributed by atoms with Crippen LogP contribution >= 0.6 is 0 Å². The number of rotatable bonds is 0. The highest BCUT2D eigenvalue weighted by molar-refractivity contribution is 5.28. The zero-order valence-corrected chi connectivity index (χ0v) is 6.98. The molecule has 12 heavy (non-hydrogen) atoms. The summed E-state index contributed by atoms with van der Waals surface area (Å²) in [5.41, 5.74) is 1.22. The fourth-order valence-electron chi connectivity index (χ4n) is 3.69. The first-order valence-corrected chi connectivity index (χ1v) is 4.75. The summed E-state index contributed by atoms with van der Waals surface area (Å²) < 4.78 is 0. The molecule has 4 aliphatic rings. The number of hydrogen-bond acceptors (Lipinski definition) is 2. The molecule has 0 aromatic rings. The zero-order valence-electron chi connectivity index (χ0n) is 6.98. The Kier molecular flexibility index (Phi) is 1.15. The summed E-state index contributed by atoms with van der Waals surface area (Å²) in [6, 6.07) is 0. The molecule has 0 radical (unpaired) electrons. The molecular weight excluding hydrogens is 152 g/mol. The molecule has 0 saturated heterocycles. The van der Waals surface area contributed by atoms with Gasteiger partial charge in [0.15, 0.2) is 0 Å². The Bertz CT molecular complexity index is 248. The number of fused-ring (bicyclic) bond motifs is 1. The van der Waals surface area contributed by atoms with Crippen LogP contribution in [0.4, 0.5) is 0 Å². The normalized spacial score (nSPS) is 61.7. The SMILES string of the molecule is C=C1[C@H]2[C@H](O)[C@@H]3CC(O)[C@H]2C[C@H]13. The third-order valence-electron chi connectivity index (χ3n) is 4.22. The molecule has 2 N–H and O–H groups in total. The van der Waals surface area contributed by atoms with Gasteiger partial charge in [-0.25, -0.2) is 0 Å². The molecule has 4 rings (SSSR count). The largest absolute Gasteiger partial charge is 0.393 e. The van der Waals surface area contributed by atoms with E-state index >= 15 is 0 Å². The van der Waals surface area contributed by atoms with Gasteiger partial charge >= 0.3 is 0 Å². The van der Waals surface area contributed by atoms with Gasteiger partial charge in [0.25, 0.3) is 0 Å². The monoisotopic (exact) mass is 166 g/mol. The van der Waals surface area contributed by atoms with E-state index in [2.05, 4.69) is 6.58 Å². The average molecular weight is 166 g/mol. The summed E-state index contributed by atoms with van der Waals surface area (Å²) in [5, 5.41) is 19.5. The third-order valence-corrected chi connectivity index (χ3v) is 4.22. The van der Waals surface area contributed by atoms with Gasteiger partial charge in [-0.05, 0) is 30.6 Å². The number of aliphatic hydroxyl groups is 2. The maximum absolute atomic E-state index is 9.83. The molecule has 0 amide bonds. The van der Waals surface area contributed by atoms with E-state index < -0.39 is 0 Å². The summed E-state index contributed by atoms with van der Waals surface area (Å²) in [5.74, 6) is 1.40. The Morgan fingerprint density at radius 3 is 2.42 bits per heavy atom. The van der Waals surface area contributed by atoms with Crippen molar-refractivity contribution in [2.75, 3.05) is 0 Å². The molecule has 4 fully saturated rings. The first-order valence-electron chi connectivity index (χ1n) is 4.75. The van der Waals surface area contributed by atoms with Crippen LogP contribution in [0.25, 0.3) is 0 Å². The molecule has 0 aromatic heterocycles. The molecule has 2 heteroatoms. The minimum Gasteiger partial charge on any atom is -0.393 e. The van der Waals surface area contributed by atoms with Crippen LogP contribution in [0.1, 0.15) is 12.8 Å². The van der Waals surface area contributed by atoms with E-state index in [9.17, 15) is 10.2 Å². The van der Waals surface area contributed by atoms with E-state index in [1.165, 1.54) is 5.57 Å². The van der Waals surface area contributed by atoms with E-state index in [4.69, 9.17) is 0 Å². The molecule has 66 valence electrons. The minimum absolute atomic E-state index is 0.168. The van der Waals surface area contributed by atoms with Gasteiger partial charge in [-0.2, -0.15) is 0 Å². The Labute approximate surface area is 71.9 Å². The topological polar surface area (TPSA) is 40.5 Å². The maximum atomic E-state index is 9.83. The highest BCUT2D eigenvalue weighted by atomic mass is 16.3. The van der Waals surface area contributed by atoms with Gasteiger partial charge in [0.1, 0.15) is 0 Å². The van der Waals surface area contributed by atoms with Gasteiger partial charge in [-0.1, -0.05) is 12.2 Å². The summed E-state index contributed by atoms with van der Waals surface area (Å²) in [6.07, 6.45) is 1.52. The van der Waals surface area contributed by atoms with Crippen LogP contribution in [-0.2, 0) is 0 Å². The quantitative estimate of drug-likeness (QED) is 0.516. The van der Waals surface area contributed by atoms with E-state index in [0.29, 0.717) is 17.8 Å². The van der Waals surface area contributed by atoms with Crippen LogP contribution in [0.3, 0.4) is 0 Å². The van der Waals surface area contributed by atoms with Crippen molar-refractivity contribution in [3.05, 3.63) is 12.2 Å². The predicted octanol–water partition coefficient (Wildman–Crippen LogP) is 0.550. The lowest BCUT2D eigenvalue weighted by Crippen LogP contribution is -2.46. The molecular formula is C10H14O2. The van der Waals surface area contributed by atoms with Crippen molar-refractivity contribution in [2.45, 2.75) is 25.0 Å². The first kappa shape index (κ1) is 7.10. The number of aliphatic hydroxyl groups excluding tert-OH is 2. The van der Waals surface area contributed by atoms with Gasteiger partial charge in [0.05, 0.1) is 12.2 Å². The summed E-state index contributed by atoms with van der Waals surface area (Å²) in [6.45, 7) is 4.03. The van der Waals surface area contributed by atoms with Crippen molar-refractivity contribution in [3.8, 4) is 0 Å². The standard InChI is InChI=1S/C10H14O2/c1-4-5-2-7-8(11)3-6(5)10(12)9(4)7/h5-12H,1-3H2/t5-,6-,7-,8?,9-,10-/m1/s1. The minimum atomic E-state index is -0.190. The smallest absolute Gasteiger partial charge is 0.0643 e. The summed E-state index contributed by atoms with van der Waals surface area (Å²) in [4.78, 5) is 0. The maximum Gasteiger partial charge on any atom is 0.0643 e. The van der Waals surface area contributed by atoms with Crippen molar-refractivity contribution in [1.82, 2.24) is 0 Å². The second-order valence-electron chi connectivity index (χ2n) is 4.56. The van der Waals surface area contributed by atoms with E-state index in [0.717, 1.165) is 12.8 Å². The van der Waals surface area contributed by atoms with Crippen molar-refractivity contribution in [1.29, 1.82) is 0 Å². The average Bonchev–Trinajstić information content (AvgIpc) is 2.43. The second-order valence-corrected chi connectivity index (χ2v) is 4.56. The van der Waals surface area contributed by atoms with Crippen LogP contribution in [0, 0.1) is 23.7 Å². The van der Waals surface area contributed by atoms with Crippen molar-refractivity contribution < 1.29 is 10.2 Å². The molecule has 6 atom stereocenters. The lowest BCUT2D eigenvalue weighted by atomic mass is 9.67. The predicted molar refractivity (Wildman–Crippen MR) is 44.3 cm³/mol. The highest BCUT2D eigenvalue weighted by Crippen LogP contribution is 2.61. The van der Waals surface area contributed by atoms with E-state index in [1.54, 1.807) is 0 Å². The van der Waals surface area contributed by atoms with Crippen molar-refractivity contribution in [3.63, 3.8) is 0 Å². The molecule has 4 bridgehead atoms. The van der Waals surface area contributed by atoms with E-state index in [-0.39, 0.29) is 18.1 Å². The lowest BCUT2D eigenvalue weighted by molar-refractivity contribution is -0.0810. The van der Waals surface area contributed by atoms with Crippen LogP contribution < -0.4 is 0 Å². The van der Waals surface area contributed by atoms with Crippen LogP contribution in [0.15, 0.2) is 12.2 Å². The third kappa shape index (κ3) is 0.570. The Balaban J connectivity index is 2.06. The fourth-order valence-corrected chi connectivity index (χ4v) is 3.69. The molecule has 0 aliphatic heterocycles. The molecule has 0 aromatic carbocycles. The van der Waals surface area contributed by atoms with E-state index in [1.807, 2.05) is 0 Å². The number of hydrogen-bond donors (Lipinski definition) is 2. The molecule has 4 aliphatic carbocycles. The van der Waals surface area contributed by atoms with Crippen molar-refractivity contribution >= 4 is 0 Å². The summed E-state index contributed by atoms with van der Waals surface area (Å²) in [7, 11) is 0. The Morgan fingerprint density at radius 1 is 1.17 bits per heavy atom. The van der Waals surface area contributed by atoms with Gasteiger partial charge in [-0.15, -0.1) is 0 Å². The van der Waals surface area contributed by atoms with Gasteiger partial charge < -0.3 is 10.2 Å². The molecule has 2 nitrogen and oxygen atoms in total. The molecule has 1 unspecified atom stereocenters. The lowest BCUT2D eigenvalue weighted by Gasteiger charge is -2.42. The Hall–Kier alpha value is -0.340. The van der Waals surface area contributed by atoms with Crippen LogP contribution in [-0.4, -0.2) is 22.4 Å². The second kappa shape index (κ2) is 1.94. The Morgan fingerprint density at radius 2 is 1.92 bits per heavy atom. The van der Waals surface area contributed by atoms with Gasteiger partial charge in [0.2, 0.25) is 0 Å². The fraction of sp³-hybridized carbons (Fsp3) is 0.800. The van der Waals surface area contributed by atoms with Crippen molar-refractivity contribution in [2.24, 2.45) is 23.7 Å². The molecule has 0 spiro atoms. The van der Waals surface area contributed by atoms with Crippen LogP contribution in [0.5, 0.6) is 0 Å². The van der Waals surface area contributed by atoms with Gasteiger partial charge in [0, 0.05) is 5.92 Å². The summed E-state index contributed by atoms with van der Waals surface area (Å²) >= 11 is 0. The highest BCUT2D eigenvalue weighted by Gasteiger charge is 2.60.